The van der Waals surface area contributed by atoms with Gasteiger partial charge in [0.15, 0.2) is 0 Å². The van der Waals surface area contributed by atoms with Gasteiger partial charge in [0.1, 0.15) is 0 Å². The molecule has 0 N–H and O–H groups in total. The van der Waals surface area contributed by atoms with Gasteiger partial charge in [0.25, 0.3) is 0 Å². The number of hydrogen-bond donors (Lipinski definition) is 0. The molecule has 9 heavy (non-hydrogen) atoms. The van der Waals surface area contributed by atoms with E-state index in [9.17, 15) is 0 Å². The standard InChI is InChI=1S/C8H12O/c1-2-4-8-6-9-5-7(8)3-1/h1-2,7-8H,3-6H2/t7-,8-/m0/s1. The van der Waals surface area contributed by atoms with Crippen LogP contribution in [0.1, 0.15) is 12.8 Å². The minimum absolute atomic E-state index is 0.856. The van der Waals surface area contributed by atoms with Gasteiger partial charge in [-0.2, -0.15) is 0 Å². The van der Waals surface area contributed by atoms with Crippen LogP contribution in [0.2, 0.25) is 0 Å². The highest BCUT2D eigenvalue weighted by atomic mass is 16.5. The van der Waals surface area contributed by atoms with Gasteiger partial charge >= 0.3 is 0 Å². The van der Waals surface area contributed by atoms with Crippen LogP contribution in [0.3, 0.4) is 0 Å². The molecule has 2 aliphatic rings. The zero-order chi connectivity index (χ0) is 6.10. The molecule has 0 saturated carbocycles. The Labute approximate surface area is 55.7 Å². The highest BCUT2D eigenvalue weighted by molar-refractivity contribution is 4.96. The number of ether oxygens (including phenoxy) is 1. The predicted octanol–water partition coefficient (Wildman–Crippen LogP) is 1.60. The van der Waals surface area contributed by atoms with E-state index in [1.54, 1.807) is 0 Å². The molecule has 1 fully saturated rings. The molecule has 0 spiro atoms. The fourth-order valence-corrected chi connectivity index (χ4v) is 1.71. The van der Waals surface area contributed by atoms with E-state index in [2.05, 4.69) is 12.2 Å². The Kier molecular flexibility index (Phi) is 1.31. The van der Waals surface area contributed by atoms with Crippen molar-refractivity contribution in [2.75, 3.05) is 13.2 Å². The fraction of sp³-hybridized carbons (Fsp3) is 0.750. The van der Waals surface area contributed by atoms with E-state index in [4.69, 9.17) is 4.74 Å². The van der Waals surface area contributed by atoms with Crippen LogP contribution < -0.4 is 0 Å². The van der Waals surface area contributed by atoms with Crippen LogP contribution in [0.25, 0.3) is 0 Å². The molecule has 2 rings (SSSR count). The van der Waals surface area contributed by atoms with Crippen LogP contribution in [0, 0.1) is 11.8 Å². The normalized spacial score (nSPS) is 40.9. The van der Waals surface area contributed by atoms with Crippen LogP contribution in [-0.2, 0) is 4.74 Å². The van der Waals surface area contributed by atoms with E-state index in [1.165, 1.54) is 12.8 Å². The molecule has 1 heterocycles. The van der Waals surface area contributed by atoms with E-state index < -0.39 is 0 Å². The number of rotatable bonds is 0. The van der Waals surface area contributed by atoms with E-state index >= 15 is 0 Å². The summed E-state index contributed by atoms with van der Waals surface area (Å²) in [6.07, 6.45) is 7.08. The van der Waals surface area contributed by atoms with Crippen molar-refractivity contribution in [1.29, 1.82) is 0 Å². The van der Waals surface area contributed by atoms with Crippen molar-refractivity contribution >= 4 is 0 Å². The van der Waals surface area contributed by atoms with Crippen molar-refractivity contribution in [2.45, 2.75) is 12.8 Å². The molecule has 0 amide bonds. The smallest absolute Gasteiger partial charge is 0.0500 e. The maximum Gasteiger partial charge on any atom is 0.0500 e. The zero-order valence-electron chi connectivity index (χ0n) is 5.55. The molecule has 0 aromatic heterocycles. The summed E-state index contributed by atoms with van der Waals surface area (Å²) in [7, 11) is 0. The predicted molar refractivity (Wildman–Crippen MR) is 36.2 cm³/mol. The lowest BCUT2D eigenvalue weighted by atomic mass is 9.86. The Morgan fingerprint density at radius 1 is 1.00 bits per heavy atom. The molecule has 0 aromatic carbocycles. The summed E-state index contributed by atoms with van der Waals surface area (Å²) >= 11 is 0. The van der Waals surface area contributed by atoms with Crippen LogP contribution in [0.5, 0.6) is 0 Å². The molecule has 1 heteroatoms. The van der Waals surface area contributed by atoms with Gasteiger partial charge in [0.2, 0.25) is 0 Å². The number of allylic oxidation sites excluding steroid dienone is 2. The van der Waals surface area contributed by atoms with Gasteiger partial charge in [0.05, 0.1) is 13.2 Å². The summed E-state index contributed by atoms with van der Waals surface area (Å²) in [6.45, 7) is 2.02. The largest absolute Gasteiger partial charge is 0.381 e. The highest BCUT2D eigenvalue weighted by Crippen LogP contribution is 2.30. The Morgan fingerprint density at radius 3 is 2.11 bits per heavy atom. The number of hydrogen-bond acceptors (Lipinski definition) is 1. The quantitative estimate of drug-likeness (QED) is 0.446. The molecule has 0 bridgehead atoms. The van der Waals surface area contributed by atoms with E-state index in [-0.39, 0.29) is 0 Å². The Balaban J connectivity index is 2.07. The fourth-order valence-electron chi connectivity index (χ4n) is 1.71. The molecule has 0 radical (unpaired) electrons. The average molecular weight is 124 g/mol. The van der Waals surface area contributed by atoms with Crippen LogP contribution in [0.15, 0.2) is 12.2 Å². The Hall–Kier alpha value is -0.300. The van der Waals surface area contributed by atoms with Crippen LogP contribution >= 0.6 is 0 Å². The van der Waals surface area contributed by atoms with Crippen molar-refractivity contribution in [1.82, 2.24) is 0 Å². The number of fused-ring (bicyclic) bond motifs is 1. The van der Waals surface area contributed by atoms with Gasteiger partial charge < -0.3 is 4.74 Å². The van der Waals surface area contributed by atoms with Gasteiger partial charge in [-0.05, 0) is 24.7 Å². The second-order valence-electron chi connectivity index (χ2n) is 3.00. The molecule has 2 atom stereocenters. The van der Waals surface area contributed by atoms with Crippen molar-refractivity contribution in [2.24, 2.45) is 11.8 Å². The van der Waals surface area contributed by atoms with Crippen molar-refractivity contribution in [3.8, 4) is 0 Å². The second kappa shape index (κ2) is 2.14. The summed E-state index contributed by atoms with van der Waals surface area (Å²) in [4.78, 5) is 0. The monoisotopic (exact) mass is 124 g/mol. The third-order valence-electron chi connectivity index (χ3n) is 2.37. The lowest BCUT2D eigenvalue weighted by Gasteiger charge is -2.17. The molecule has 0 unspecified atom stereocenters. The third kappa shape index (κ3) is 0.897. The van der Waals surface area contributed by atoms with Gasteiger partial charge in [0, 0.05) is 0 Å². The lowest BCUT2D eigenvalue weighted by molar-refractivity contribution is 0.181. The average Bonchev–Trinajstić information content (AvgIpc) is 2.33. The van der Waals surface area contributed by atoms with Crippen molar-refractivity contribution in [3.63, 3.8) is 0 Å². The van der Waals surface area contributed by atoms with E-state index in [1.807, 2.05) is 0 Å². The topological polar surface area (TPSA) is 9.23 Å². The van der Waals surface area contributed by atoms with Crippen molar-refractivity contribution in [3.05, 3.63) is 12.2 Å². The van der Waals surface area contributed by atoms with Crippen molar-refractivity contribution < 1.29 is 4.74 Å². The molecule has 50 valence electrons. The van der Waals surface area contributed by atoms with Gasteiger partial charge in [-0.25, -0.2) is 0 Å². The molecule has 1 aliphatic carbocycles. The highest BCUT2D eigenvalue weighted by Gasteiger charge is 2.27. The van der Waals surface area contributed by atoms with E-state index in [0.717, 1.165) is 25.0 Å². The minimum atomic E-state index is 0.856. The molecule has 1 aliphatic heterocycles. The van der Waals surface area contributed by atoms with Crippen LogP contribution in [0.4, 0.5) is 0 Å². The van der Waals surface area contributed by atoms with E-state index in [0.29, 0.717) is 0 Å². The zero-order valence-corrected chi connectivity index (χ0v) is 5.55. The third-order valence-corrected chi connectivity index (χ3v) is 2.37. The Morgan fingerprint density at radius 2 is 1.56 bits per heavy atom. The SMILES string of the molecule is C1=CC[C@H]2COC[C@@H]2C1. The van der Waals surface area contributed by atoms with Gasteiger partial charge in [-0.15, -0.1) is 0 Å². The minimum Gasteiger partial charge on any atom is -0.381 e. The first-order valence-electron chi connectivity index (χ1n) is 3.69. The lowest BCUT2D eigenvalue weighted by Crippen LogP contribution is -2.13. The summed E-state index contributed by atoms with van der Waals surface area (Å²) < 4.78 is 5.35. The molecule has 1 nitrogen and oxygen atoms in total. The second-order valence-corrected chi connectivity index (χ2v) is 3.00. The van der Waals surface area contributed by atoms with Crippen LogP contribution in [-0.4, -0.2) is 13.2 Å². The first kappa shape index (κ1) is 5.48. The summed E-state index contributed by atoms with van der Waals surface area (Å²) in [5, 5.41) is 0. The first-order valence-corrected chi connectivity index (χ1v) is 3.69. The summed E-state index contributed by atoms with van der Waals surface area (Å²) in [5.74, 6) is 1.71. The first-order chi connectivity index (χ1) is 4.47. The molecular weight excluding hydrogens is 112 g/mol. The molecular formula is C8H12O. The molecule has 0 aromatic rings. The maximum atomic E-state index is 5.35. The van der Waals surface area contributed by atoms with Gasteiger partial charge in [-0.1, -0.05) is 12.2 Å². The van der Waals surface area contributed by atoms with Gasteiger partial charge in [-0.3, -0.25) is 0 Å². The summed E-state index contributed by atoms with van der Waals surface area (Å²) in [5.41, 5.74) is 0. The Bertz CT molecular complexity index is 115. The maximum absolute atomic E-state index is 5.35. The molecule has 1 saturated heterocycles. The summed E-state index contributed by atoms with van der Waals surface area (Å²) in [6, 6.07) is 0.